The molecule has 0 radical (unpaired) electrons. The highest BCUT2D eigenvalue weighted by molar-refractivity contribution is 5.86. The number of hydrogen-bond donors (Lipinski definition) is 2. The van der Waals surface area contributed by atoms with Crippen LogP contribution in [-0.4, -0.2) is 41.0 Å². The maximum atomic E-state index is 11.8. The quantitative estimate of drug-likeness (QED) is 0.727. The number of carboxylic acids is 1. The zero-order valence-electron chi connectivity index (χ0n) is 9.85. The van der Waals surface area contributed by atoms with E-state index in [-0.39, 0.29) is 12.3 Å². The number of nitrogens with two attached hydrogens (primary N) is 1. The van der Waals surface area contributed by atoms with Gasteiger partial charge >= 0.3 is 5.97 Å². The summed E-state index contributed by atoms with van der Waals surface area (Å²) in [4.78, 5) is 24.0. The molecular formula is C11H20N2O3. The van der Waals surface area contributed by atoms with Gasteiger partial charge in [0.15, 0.2) is 0 Å². The van der Waals surface area contributed by atoms with E-state index in [1.54, 1.807) is 4.90 Å². The SMILES string of the molecule is CC1CCN(C(=O)C(N)CC(=O)O)CC1C. The van der Waals surface area contributed by atoms with Gasteiger partial charge < -0.3 is 15.7 Å². The van der Waals surface area contributed by atoms with Crippen LogP contribution in [0.1, 0.15) is 26.7 Å². The summed E-state index contributed by atoms with van der Waals surface area (Å²) < 4.78 is 0. The fourth-order valence-corrected chi connectivity index (χ4v) is 1.97. The summed E-state index contributed by atoms with van der Waals surface area (Å²) >= 11 is 0. The van der Waals surface area contributed by atoms with Crippen molar-refractivity contribution < 1.29 is 14.7 Å². The number of carbonyl (C=O) groups excluding carboxylic acids is 1. The van der Waals surface area contributed by atoms with Gasteiger partial charge in [-0.05, 0) is 18.3 Å². The van der Waals surface area contributed by atoms with Crippen molar-refractivity contribution in [3.63, 3.8) is 0 Å². The minimum Gasteiger partial charge on any atom is -0.481 e. The number of carboxylic acid groups (broad SMARTS) is 1. The van der Waals surface area contributed by atoms with Crippen LogP contribution in [0, 0.1) is 11.8 Å². The molecule has 0 bridgehead atoms. The zero-order chi connectivity index (χ0) is 12.3. The molecule has 3 atom stereocenters. The van der Waals surface area contributed by atoms with Gasteiger partial charge in [0.1, 0.15) is 0 Å². The number of likely N-dealkylation sites (tertiary alicyclic amines) is 1. The van der Waals surface area contributed by atoms with Crippen molar-refractivity contribution in [1.82, 2.24) is 4.90 Å². The lowest BCUT2D eigenvalue weighted by molar-refractivity contribution is -0.142. The lowest BCUT2D eigenvalue weighted by atomic mass is 9.88. The third-order valence-electron chi connectivity index (χ3n) is 3.36. The molecule has 5 nitrogen and oxygen atoms in total. The fourth-order valence-electron chi connectivity index (χ4n) is 1.97. The summed E-state index contributed by atoms with van der Waals surface area (Å²) in [5.74, 6) is -0.199. The number of hydrogen-bond acceptors (Lipinski definition) is 3. The average Bonchev–Trinajstić information content (AvgIpc) is 2.20. The summed E-state index contributed by atoms with van der Waals surface area (Å²) in [5, 5.41) is 8.57. The molecule has 0 aromatic heterocycles. The minimum absolute atomic E-state index is 0.235. The van der Waals surface area contributed by atoms with Crippen LogP contribution >= 0.6 is 0 Å². The standard InChI is InChI=1S/C11H20N2O3/c1-7-3-4-13(6-8(7)2)11(16)9(12)5-10(14)15/h7-9H,3-6,12H2,1-2H3,(H,14,15). The Balaban J connectivity index is 2.51. The molecule has 92 valence electrons. The molecule has 1 aliphatic rings. The van der Waals surface area contributed by atoms with E-state index in [1.165, 1.54) is 0 Å². The van der Waals surface area contributed by atoms with Crippen molar-refractivity contribution in [2.45, 2.75) is 32.7 Å². The van der Waals surface area contributed by atoms with Crippen molar-refractivity contribution >= 4 is 11.9 Å². The summed E-state index contributed by atoms with van der Waals surface area (Å²) in [6.07, 6.45) is 0.673. The van der Waals surface area contributed by atoms with E-state index < -0.39 is 12.0 Å². The van der Waals surface area contributed by atoms with Crippen molar-refractivity contribution in [3.8, 4) is 0 Å². The van der Waals surface area contributed by atoms with E-state index in [4.69, 9.17) is 10.8 Å². The molecule has 3 unspecified atom stereocenters. The average molecular weight is 228 g/mol. The molecule has 1 fully saturated rings. The van der Waals surface area contributed by atoms with Crippen LogP contribution in [0.15, 0.2) is 0 Å². The Hall–Kier alpha value is -1.10. The van der Waals surface area contributed by atoms with Gasteiger partial charge in [-0.15, -0.1) is 0 Å². The summed E-state index contributed by atoms with van der Waals surface area (Å²) in [7, 11) is 0. The number of rotatable bonds is 3. The first kappa shape index (κ1) is 13.0. The summed E-state index contributed by atoms with van der Waals surface area (Å²) in [5.41, 5.74) is 5.56. The number of piperidine rings is 1. The smallest absolute Gasteiger partial charge is 0.305 e. The van der Waals surface area contributed by atoms with Gasteiger partial charge in [0, 0.05) is 13.1 Å². The highest BCUT2D eigenvalue weighted by Gasteiger charge is 2.29. The molecule has 0 aromatic rings. The molecule has 1 saturated heterocycles. The highest BCUT2D eigenvalue weighted by Crippen LogP contribution is 2.22. The van der Waals surface area contributed by atoms with E-state index in [2.05, 4.69) is 13.8 Å². The van der Waals surface area contributed by atoms with Crippen molar-refractivity contribution in [1.29, 1.82) is 0 Å². The first-order valence-electron chi connectivity index (χ1n) is 5.68. The van der Waals surface area contributed by atoms with Gasteiger partial charge in [-0.25, -0.2) is 0 Å². The second-order valence-electron chi connectivity index (χ2n) is 4.73. The third kappa shape index (κ3) is 3.20. The van der Waals surface area contributed by atoms with Crippen LogP contribution in [0.4, 0.5) is 0 Å². The van der Waals surface area contributed by atoms with Crippen molar-refractivity contribution in [2.75, 3.05) is 13.1 Å². The first-order valence-corrected chi connectivity index (χ1v) is 5.68. The normalized spacial score (nSPS) is 27.6. The Morgan fingerprint density at radius 2 is 2.06 bits per heavy atom. The van der Waals surface area contributed by atoms with Crippen LogP contribution in [0.3, 0.4) is 0 Å². The molecule has 1 heterocycles. The molecule has 0 aromatic carbocycles. The van der Waals surface area contributed by atoms with E-state index in [0.29, 0.717) is 24.9 Å². The van der Waals surface area contributed by atoms with E-state index in [0.717, 1.165) is 6.42 Å². The number of nitrogens with zero attached hydrogens (tertiary/aromatic N) is 1. The summed E-state index contributed by atoms with van der Waals surface area (Å²) in [6.45, 7) is 5.65. The minimum atomic E-state index is -1.03. The molecule has 0 saturated carbocycles. The molecular weight excluding hydrogens is 208 g/mol. The zero-order valence-corrected chi connectivity index (χ0v) is 9.85. The van der Waals surface area contributed by atoms with Crippen LogP contribution in [0.5, 0.6) is 0 Å². The predicted molar refractivity (Wildman–Crippen MR) is 59.8 cm³/mol. The van der Waals surface area contributed by atoms with Crippen LogP contribution in [0.2, 0.25) is 0 Å². The van der Waals surface area contributed by atoms with Gasteiger partial charge in [-0.2, -0.15) is 0 Å². The van der Waals surface area contributed by atoms with Gasteiger partial charge in [-0.1, -0.05) is 13.8 Å². The Bertz CT molecular complexity index is 280. The Morgan fingerprint density at radius 3 is 2.56 bits per heavy atom. The predicted octanol–water partition coefficient (Wildman–Crippen LogP) is 0.293. The third-order valence-corrected chi connectivity index (χ3v) is 3.36. The Morgan fingerprint density at radius 1 is 1.44 bits per heavy atom. The second kappa shape index (κ2) is 5.30. The molecule has 5 heteroatoms. The maximum Gasteiger partial charge on any atom is 0.305 e. The lowest BCUT2D eigenvalue weighted by Gasteiger charge is -2.36. The van der Waals surface area contributed by atoms with E-state index >= 15 is 0 Å². The van der Waals surface area contributed by atoms with Gasteiger partial charge in [0.2, 0.25) is 5.91 Å². The largest absolute Gasteiger partial charge is 0.481 e. The Kier molecular flexibility index (Phi) is 4.29. The maximum absolute atomic E-state index is 11.8. The second-order valence-corrected chi connectivity index (χ2v) is 4.73. The molecule has 1 aliphatic heterocycles. The van der Waals surface area contributed by atoms with Gasteiger partial charge in [0.05, 0.1) is 12.5 Å². The van der Waals surface area contributed by atoms with E-state index in [9.17, 15) is 9.59 Å². The van der Waals surface area contributed by atoms with Crippen molar-refractivity contribution in [3.05, 3.63) is 0 Å². The van der Waals surface area contributed by atoms with Crippen LogP contribution in [0.25, 0.3) is 0 Å². The first-order chi connectivity index (χ1) is 7.41. The topological polar surface area (TPSA) is 83.6 Å². The fraction of sp³-hybridized carbons (Fsp3) is 0.818. The van der Waals surface area contributed by atoms with Gasteiger partial charge in [0.25, 0.3) is 0 Å². The molecule has 3 N–H and O–H groups in total. The molecule has 0 aliphatic carbocycles. The number of carbonyl (C=O) groups is 2. The highest BCUT2D eigenvalue weighted by atomic mass is 16.4. The van der Waals surface area contributed by atoms with Crippen LogP contribution in [-0.2, 0) is 9.59 Å². The Labute approximate surface area is 95.6 Å². The van der Waals surface area contributed by atoms with E-state index in [1.807, 2.05) is 0 Å². The monoisotopic (exact) mass is 228 g/mol. The molecule has 0 spiro atoms. The molecule has 1 amide bonds. The lowest BCUT2D eigenvalue weighted by Crippen LogP contribution is -2.49. The van der Waals surface area contributed by atoms with Gasteiger partial charge in [-0.3, -0.25) is 9.59 Å². The van der Waals surface area contributed by atoms with Crippen molar-refractivity contribution in [2.24, 2.45) is 17.6 Å². The summed E-state index contributed by atoms with van der Waals surface area (Å²) in [6, 6.07) is -0.905. The molecule has 16 heavy (non-hydrogen) atoms. The number of amides is 1. The van der Waals surface area contributed by atoms with Crippen LogP contribution < -0.4 is 5.73 Å². The number of aliphatic carboxylic acids is 1. The molecule has 1 rings (SSSR count).